The molecule has 1 unspecified atom stereocenters. The van der Waals surface area contributed by atoms with Crippen molar-refractivity contribution in [3.8, 4) is 0 Å². The number of aryl methyl sites for hydroxylation is 1. The van der Waals surface area contributed by atoms with Gasteiger partial charge in [0, 0.05) is 18.8 Å². The van der Waals surface area contributed by atoms with E-state index < -0.39 is 11.9 Å². The van der Waals surface area contributed by atoms with Gasteiger partial charge >= 0.3 is 12.0 Å². The number of nitrogens with zero attached hydrogens (tertiary/aromatic N) is 1. The first-order valence-corrected chi connectivity index (χ1v) is 6.45. The van der Waals surface area contributed by atoms with Crippen LogP contribution in [-0.4, -0.2) is 30.2 Å². The van der Waals surface area contributed by atoms with Gasteiger partial charge in [0.15, 0.2) is 0 Å². The molecule has 2 amide bonds. The molecular weight excluding hydrogens is 244 g/mol. The minimum absolute atomic E-state index is 0.146. The Labute approximate surface area is 112 Å². The van der Waals surface area contributed by atoms with Crippen LogP contribution in [0.2, 0.25) is 0 Å². The average molecular weight is 262 g/mol. The Morgan fingerprint density at radius 2 is 2.16 bits per heavy atom. The minimum Gasteiger partial charge on any atom is -0.481 e. The lowest BCUT2D eigenvalue weighted by Crippen LogP contribution is -2.44. The van der Waals surface area contributed by atoms with E-state index in [2.05, 4.69) is 5.32 Å². The normalized spacial score (nSPS) is 15.5. The highest BCUT2D eigenvalue weighted by Gasteiger charge is 2.22. The van der Waals surface area contributed by atoms with Crippen molar-refractivity contribution in [1.29, 1.82) is 0 Å². The Morgan fingerprint density at radius 3 is 2.89 bits per heavy atom. The molecule has 5 nitrogen and oxygen atoms in total. The van der Waals surface area contributed by atoms with E-state index in [1.165, 1.54) is 0 Å². The predicted octanol–water partition coefficient (Wildman–Crippen LogP) is 1.87. The van der Waals surface area contributed by atoms with E-state index in [4.69, 9.17) is 5.11 Å². The molecule has 1 aromatic rings. The zero-order valence-corrected chi connectivity index (χ0v) is 10.9. The molecule has 19 heavy (non-hydrogen) atoms. The first kappa shape index (κ1) is 13.4. The molecule has 0 bridgehead atoms. The Kier molecular flexibility index (Phi) is 4.04. The van der Waals surface area contributed by atoms with Crippen LogP contribution in [0.1, 0.15) is 18.9 Å². The topological polar surface area (TPSA) is 69.6 Å². The fraction of sp³-hybridized carbons (Fsp3) is 0.429. The largest absolute Gasteiger partial charge is 0.481 e. The molecule has 0 aromatic heterocycles. The Hall–Kier alpha value is -2.04. The van der Waals surface area contributed by atoms with Crippen molar-refractivity contribution in [3.63, 3.8) is 0 Å². The summed E-state index contributed by atoms with van der Waals surface area (Å²) in [4.78, 5) is 24.5. The number of para-hydroxylation sites is 1. The third-order valence-corrected chi connectivity index (χ3v) is 3.34. The summed E-state index contributed by atoms with van der Waals surface area (Å²) in [6.45, 7) is 2.39. The summed E-state index contributed by atoms with van der Waals surface area (Å²) in [5, 5.41) is 11.5. The van der Waals surface area contributed by atoms with Crippen molar-refractivity contribution >= 4 is 17.7 Å². The lowest BCUT2D eigenvalue weighted by Gasteiger charge is -2.29. The Morgan fingerprint density at radius 1 is 1.42 bits per heavy atom. The first-order chi connectivity index (χ1) is 9.09. The molecule has 5 heteroatoms. The number of carboxylic acid groups (broad SMARTS) is 1. The predicted molar refractivity (Wildman–Crippen MR) is 72.3 cm³/mol. The van der Waals surface area contributed by atoms with Gasteiger partial charge in [-0.2, -0.15) is 0 Å². The molecule has 0 aliphatic carbocycles. The van der Waals surface area contributed by atoms with E-state index in [1.54, 1.807) is 11.8 Å². The smallest absolute Gasteiger partial charge is 0.321 e. The summed E-state index contributed by atoms with van der Waals surface area (Å²) in [5.41, 5.74) is 2.09. The molecular formula is C14H18N2O3. The lowest BCUT2D eigenvalue weighted by molar-refractivity contribution is -0.140. The molecule has 0 spiro atoms. The van der Waals surface area contributed by atoms with Crippen LogP contribution in [0.4, 0.5) is 10.5 Å². The van der Waals surface area contributed by atoms with Gasteiger partial charge in [-0.1, -0.05) is 25.1 Å². The summed E-state index contributed by atoms with van der Waals surface area (Å²) in [6, 6.07) is 7.60. The van der Waals surface area contributed by atoms with Gasteiger partial charge in [0.25, 0.3) is 0 Å². The minimum atomic E-state index is -0.903. The Bertz CT molecular complexity index is 487. The quantitative estimate of drug-likeness (QED) is 0.873. The number of nitrogens with one attached hydrogen (secondary N) is 1. The summed E-state index contributed by atoms with van der Waals surface area (Å²) in [5.74, 6) is -1.48. The van der Waals surface area contributed by atoms with Gasteiger partial charge in [0.1, 0.15) is 0 Å². The zero-order chi connectivity index (χ0) is 13.8. The second-order valence-corrected chi connectivity index (χ2v) is 4.81. The molecule has 1 aliphatic heterocycles. The Balaban J connectivity index is 2.03. The number of aliphatic carboxylic acids is 1. The van der Waals surface area contributed by atoms with Crippen molar-refractivity contribution in [1.82, 2.24) is 5.32 Å². The number of hydrogen-bond acceptors (Lipinski definition) is 2. The van der Waals surface area contributed by atoms with Gasteiger partial charge in [-0.3, -0.25) is 9.69 Å². The van der Waals surface area contributed by atoms with Gasteiger partial charge in [-0.25, -0.2) is 4.79 Å². The zero-order valence-electron chi connectivity index (χ0n) is 10.9. The van der Waals surface area contributed by atoms with E-state index in [1.807, 2.05) is 24.3 Å². The van der Waals surface area contributed by atoms with Gasteiger partial charge in [-0.05, 0) is 24.5 Å². The van der Waals surface area contributed by atoms with Crippen LogP contribution in [0.25, 0.3) is 0 Å². The number of amides is 2. The van der Waals surface area contributed by atoms with Gasteiger partial charge < -0.3 is 10.4 Å². The molecule has 0 radical (unpaired) electrons. The highest BCUT2D eigenvalue weighted by atomic mass is 16.4. The summed E-state index contributed by atoms with van der Waals surface area (Å²) in [6.07, 6.45) is 1.91. The fourth-order valence-electron chi connectivity index (χ4n) is 2.17. The number of urea groups is 1. The van der Waals surface area contributed by atoms with Crippen molar-refractivity contribution in [3.05, 3.63) is 29.8 Å². The fourth-order valence-corrected chi connectivity index (χ4v) is 2.17. The summed E-state index contributed by atoms with van der Waals surface area (Å²) in [7, 11) is 0. The third kappa shape index (κ3) is 3.05. The molecule has 1 aliphatic rings. The molecule has 0 saturated carbocycles. The third-order valence-electron chi connectivity index (χ3n) is 3.34. The van der Waals surface area contributed by atoms with Crippen LogP contribution >= 0.6 is 0 Å². The number of carbonyl (C=O) groups is 2. The van der Waals surface area contributed by atoms with Crippen molar-refractivity contribution in [2.45, 2.75) is 19.8 Å². The highest BCUT2D eigenvalue weighted by molar-refractivity contribution is 5.93. The standard InChI is InChI=1S/C14H18N2O3/c1-10(13(17)18)9-15-14(19)16-8-4-6-11-5-2-3-7-12(11)16/h2-3,5,7,10H,4,6,8-9H2,1H3,(H,15,19)(H,17,18). The van der Waals surface area contributed by atoms with E-state index in [0.717, 1.165) is 24.1 Å². The molecule has 0 fully saturated rings. The van der Waals surface area contributed by atoms with E-state index >= 15 is 0 Å². The number of anilines is 1. The first-order valence-electron chi connectivity index (χ1n) is 6.45. The number of carbonyl (C=O) groups excluding carboxylic acids is 1. The molecule has 2 rings (SSSR count). The summed E-state index contributed by atoms with van der Waals surface area (Å²) >= 11 is 0. The second kappa shape index (κ2) is 5.73. The number of rotatable bonds is 3. The molecule has 1 heterocycles. The van der Waals surface area contributed by atoms with Gasteiger partial charge in [-0.15, -0.1) is 0 Å². The van der Waals surface area contributed by atoms with Crippen LogP contribution in [0.15, 0.2) is 24.3 Å². The van der Waals surface area contributed by atoms with E-state index in [9.17, 15) is 9.59 Å². The number of carboxylic acids is 1. The van der Waals surface area contributed by atoms with Crippen molar-refractivity contribution in [2.75, 3.05) is 18.0 Å². The van der Waals surface area contributed by atoms with E-state index in [-0.39, 0.29) is 12.6 Å². The van der Waals surface area contributed by atoms with Crippen LogP contribution in [0, 0.1) is 5.92 Å². The molecule has 102 valence electrons. The van der Waals surface area contributed by atoms with Crippen LogP contribution in [0.3, 0.4) is 0 Å². The van der Waals surface area contributed by atoms with Crippen molar-refractivity contribution < 1.29 is 14.7 Å². The summed E-state index contributed by atoms with van der Waals surface area (Å²) < 4.78 is 0. The number of fused-ring (bicyclic) bond motifs is 1. The van der Waals surface area contributed by atoms with Crippen LogP contribution < -0.4 is 10.2 Å². The van der Waals surface area contributed by atoms with Crippen LogP contribution in [-0.2, 0) is 11.2 Å². The van der Waals surface area contributed by atoms with Gasteiger partial charge in [0.05, 0.1) is 5.92 Å². The average Bonchev–Trinajstić information content (AvgIpc) is 2.43. The maximum atomic E-state index is 12.1. The van der Waals surface area contributed by atoms with Gasteiger partial charge in [0.2, 0.25) is 0 Å². The van der Waals surface area contributed by atoms with E-state index in [0.29, 0.717) is 6.54 Å². The second-order valence-electron chi connectivity index (χ2n) is 4.81. The SMILES string of the molecule is CC(CNC(=O)N1CCCc2ccccc21)C(=O)O. The maximum Gasteiger partial charge on any atom is 0.321 e. The number of hydrogen-bond donors (Lipinski definition) is 2. The molecule has 0 saturated heterocycles. The van der Waals surface area contributed by atoms with Crippen molar-refractivity contribution in [2.24, 2.45) is 5.92 Å². The molecule has 1 aromatic carbocycles. The lowest BCUT2D eigenvalue weighted by atomic mass is 10.0. The monoisotopic (exact) mass is 262 g/mol. The number of benzene rings is 1. The molecule has 1 atom stereocenters. The van der Waals surface area contributed by atoms with Crippen LogP contribution in [0.5, 0.6) is 0 Å². The molecule has 2 N–H and O–H groups in total. The highest BCUT2D eigenvalue weighted by Crippen LogP contribution is 2.26. The maximum absolute atomic E-state index is 12.1.